The molecular weight excluding hydrogens is 381 g/mol. The maximum Gasteiger partial charge on any atom is 0.308 e. The topological polar surface area (TPSA) is 77.8 Å². The van der Waals surface area contributed by atoms with Gasteiger partial charge in [-0.05, 0) is 24.3 Å². The van der Waals surface area contributed by atoms with Gasteiger partial charge in [0.2, 0.25) is 5.75 Å². The standard InChI is InChI=1S/C18H13Cl2NO5/c1-9(22)25-17-15(23)11-7-6-10(8-14(11)21(2)18(17)24)26-16-12(19)4-3-5-13(16)20/h3-8,23H,1-2H3. The molecule has 0 saturated carbocycles. The summed E-state index contributed by atoms with van der Waals surface area (Å²) in [6, 6.07) is 9.62. The molecule has 0 unspecified atom stereocenters. The second-order valence-electron chi connectivity index (χ2n) is 5.47. The van der Waals surface area contributed by atoms with E-state index in [0.717, 1.165) is 6.92 Å². The van der Waals surface area contributed by atoms with Crippen LogP contribution >= 0.6 is 23.2 Å². The summed E-state index contributed by atoms with van der Waals surface area (Å²) in [5.74, 6) is -0.899. The van der Waals surface area contributed by atoms with Crippen LogP contribution < -0.4 is 15.0 Å². The van der Waals surface area contributed by atoms with Crippen LogP contribution in [0.3, 0.4) is 0 Å². The van der Waals surface area contributed by atoms with E-state index in [1.165, 1.54) is 17.7 Å². The van der Waals surface area contributed by atoms with Crippen LogP contribution in [0.25, 0.3) is 10.9 Å². The van der Waals surface area contributed by atoms with Gasteiger partial charge in [0.1, 0.15) is 5.75 Å². The third-order valence-corrected chi connectivity index (χ3v) is 4.28. The van der Waals surface area contributed by atoms with Crippen molar-refractivity contribution in [2.24, 2.45) is 7.05 Å². The molecule has 134 valence electrons. The van der Waals surface area contributed by atoms with Crippen molar-refractivity contribution in [1.82, 2.24) is 4.57 Å². The molecule has 26 heavy (non-hydrogen) atoms. The monoisotopic (exact) mass is 393 g/mol. The van der Waals surface area contributed by atoms with E-state index in [0.29, 0.717) is 26.7 Å². The highest BCUT2D eigenvalue weighted by Gasteiger charge is 2.18. The van der Waals surface area contributed by atoms with Crippen molar-refractivity contribution < 1.29 is 19.4 Å². The van der Waals surface area contributed by atoms with Gasteiger partial charge in [-0.2, -0.15) is 0 Å². The minimum Gasteiger partial charge on any atom is -0.504 e. The Hall–Kier alpha value is -2.70. The van der Waals surface area contributed by atoms with Crippen LogP contribution in [-0.4, -0.2) is 15.6 Å². The summed E-state index contributed by atoms with van der Waals surface area (Å²) >= 11 is 12.2. The number of nitrogens with zero attached hydrogens (tertiary/aromatic N) is 1. The Morgan fingerprint density at radius 2 is 1.77 bits per heavy atom. The molecule has 0 aliphatic heterocycles. The quantitative estimate of drug-likeness (QED) is 0.672. The van der Waals surface area contributed by atoms with Crippen molar-refractivity contribution >= 4 is 40.1 Å². The maximum atomic E-state index is 12.4. The molecule has 0 aliphatic rings. The van der Waals surface area contributed by atoms with Gasteiger partial charge in [-0.1, -0.05) is 29.3 Å². The number of halogens is 2. The third-order valence-electron chi connectivity index (χ3n) is 3.68. The summed E-state index contributed by atoms with van der Waals surface area (Å²) in [5.41, 5.74) is -0.276. The molecule has 8 heteroatoms. The maximum absolute atomic E-state index is 12.4. The van der Waals surface area contributed by atoms with Crippen LogP contribution in [0, 0.1) is 0 Å². The minimum absolute atomic E-state index is 0.279. The molecule has 1 aromatic heterocycles. The number of fused-ring (bicyclic) bond motifs is 1. The Bertz CT molecular complexity index is 1070. The van der Waals surface area contributed by atoms with Gasteiger partial charge < -0.3 is 19.1 Å². The van der Waals surface area contributed by atoms with Crippen molar-refractivity contribution in [3.8, 4) is 23.0 Å². The highest BCUT2D eigenvalue weighted by Crippen LogP contribution is 2.38. The first-order valence-electron chi connectivity index (χ1n) is 7.45. The third kappa shape index (κ3) is 3.21. The normalized spacial score (nSPS) is 10.8. The van der Waals surface area contributed by atoms with Gasteiger partial charge in [0.05, 0.1) is 15.6 Å². The second kappa shape index (κ2) is 6.90. The summed E-state index contributed by atoms with van der Waals surface area (Å²) in [4.78, 5) is 23.5. The zero-order chi connectivity index (χ0) is 19.0. The highest BCUT2D eigenvalue weighted by molar-refractivity contribution is 6.37. The van der Waals surface area contributed by atoms with Crippen LogP contribution in [0.15, 0.2) is 41.2 Å². The van der Waals surface area contributed by atoms with Crippen LogP contribution in [0.2, 0.25) is 10.0 Å². The summed E-state index contributed by atoms with van der Waals surface area (Å²) in [6.45, 7) is 1.15. The molecule has 0 atom stereocenters. The van der Waals surface area contributed by atoms with Crippen molar-refractivity contribution in [2.75, 3.05) is 0 Å². The largest absolute Gasteiger partial charge is 0.504 e. The number of aromatic nitrogens is 1. The number of para-hydroxylation sites is 1. The van der Waals surface area contributed by atoms with Crippen molar-refractivity contribution in [3.63, 3.8) is 0 Å². The number of aryl methyl sites for hydroxylation is 1. The molecule has 2 aromatic carbocycles. The fourth-order valence-corrected chi connectivity index (χ4v) is 2.95. The molecule has 0 radical (unpaired) electrons. The fraction of sp³-hybridized carbons (Fsp3) is 0.111. The Labute approximate surface area is 158 Å². The van der Waals surface area contributed by atoms with E-state index in [-0.39, 0.29) is 5.75 Å². The molecular formula is C18H13Cl2NO5. The molecule has 6 nitrogen and oxygen atoms in total. The van der Waals surface area contributed by atoms with Gasteiger partial charge in [0, 0.05) is 25.4 Å². The van der Waals surface area contributed by atoms with Gasteiger partial charge in [-0.15, -0.1) is 0 Å². The molecule has 0 saturated heterocycles. The molecule has 0 spiro atoms. The van der Waals surface area contributed by atoms with E-state index in [1.807, 2.05) is 0 Å². The molecule has 0 fully saturated rings. The van der Waals surface area contributed by atoms with Crippen LogP contribution in [-0.2, 0) is 11.8 Å². The molecule has 0 aliphatic carbocycles. The Kier molecular flexibility index (Phi) is 4.80. The van der Waals surface area contributed by atoms with E-state index < -0.39 is 23.0 Å². The van der Waals surface area contributed by atoms with E-state index in [2.05, 4.69) is 0 Å². The number of aromatic hydroxyl groups is 1. The minimum atomic E-state index is -0.704. The van der Waals surface area contributed by atoms with Crippen molar-refractivity contribution in [2.45, 2.75) is 6.92 Å². The number of carbonyl (C=O) groups excluding carboxylic acids is 1. The molecule has 1 N–H and O–H groups in total. The van der Waals surface area contributed by atoms with Crippen LogP contribution in [0.5, 0.6) is 23.0 Å². The van der Waals surface area contributed by atoms with E-state index in [9.17, 15) is 14.7 Å². The number of pyridine rings is 1. The zero-order valence-electron chi connectivity index (χ0n) is 13.7. The molecule has 3 rings (SSSR count). The van der Waals surface area contributed by atoms with Crippen LogP contribution in [0.1, 0.15) is 6.92 Å². The summed E-state index contributed by atoms with van der Waals surface area (Å²) < 4.78 is 11.8. The Morgan fingerprint density at radius 3 is 2.38 bits per heavy atom. The molecule has 1 heterocycles. The van der Waals surface area contributed by atoms with Gasteiger partial charge >= 0.3 is 5.97 Å². The number of hydrogen-bond donors (Lipinski definition) is 1. The molecule has 3 aromatic rings. The number of rotatable bonds is 3. The zero-order valence-corrected chi connectivity index (χ0v) is 15.3. The summed E-state index contributed by atoms with van der Waals surface area (Å²) in [6.07, 6.45) is 0. The Balaban J connectivity index is 2.14. The smallest absolute Gasteiger partial charge is 0.308 e. The lowest BCUT2D eigenvalue weighted by atomic mass is 10.1. The lowest BCUT2D eigenvalue weighted by Gasteiger charge is -2.13. The van der Waals surface area contributed by atoms with E-state index in [4.69, 9.17) is 32.7 Å². The van der Waals surface area contributed by atoms with Crippen LogP contribution in [0.4, 0.5) is 0 Å². The first kappa shape index (κ1) is 18.1. The average molecular weight is 394 g/mol. The van der Waals surface area contributed by atoms with Gasteiger partial charge in [0.25, 0.3) is 5.56 Å². The highest BCUT2D eigenvalue weighted by atomic mass is 35.5. The number of benzene rings is 2. The number of carbonyl (C=O) groups is 1. The lowest BCUT2D eigenvalue weighted by Crippen LogP contribution is -2.21. The predicted octanol–water partition coefficient (Wildman–Crippen LogP) is 4.27. The second-order valence-corrected chi connectivity index (χ2v) is 6.28. The first-order chi connectivity index (χ1) is 12.3. The number of esters is 1. The first-order valence-corrected chi connectivity index (χ1v) is 8.21. The van der Waals surface area contributed by atoms with E-state index in [1.54, 1.807) is 30.3 Å². The summed E-state index contributed by atoms with van der Waals surface area (Å²) in [7, 11) is 1.49. The number of ether oxygens (including phenoxy) is 2. The van der Waals surface area contributed by atoms with E-state index >= 15 is 0 Å². The predicted molar refractivity (Wildman–Crippen MR) is 98.7 cm³/mol. The fourth-order valence-electron chi connectivity index (χ4n) is 2.47. The van der Waals surface area contributed by atoms with Gasteiger partial charge in [-0.3, -0.25) is 9.59 Å². The SMILES string of the molecule is CC(=O)Oc1c(O)c2ccc(Oc3c(Cl)cccc3Cl)cc2n(C)c1=O. The molecule has 0 amide bonds. The van der Waals surface area contributed by atoms with Crippen molar-refractivity contribution in [3.05, 3.63) is 56.8 Å². The van der Waals surface area contributed by atoms with Gasteiger partial charge in [0.15, 0.2) is 11.5 Å². The number of hydrogen-bond acceptors (Lipinski definition) is 5. The van der Waals surface area contributed by atoms with Gasteiger partial charge in [-0.25, -0.2) is 0 Å². The van der Waals surface area contributed by atoms with Crippen molar-refractivity contribution in [1.29, 1.82) is 0 Å². The summed E-state index contributed by atoms with van der Waals surface area (Å²) in [5, 5.41) is 11.3. The average Bonchev–Trinajstić information content (AvgIpc) is 2.60. The molecule has 0 bridgehead atoms. The Morgan fingerprint density at radius 1 is 1.12 bits per heavy atom. The lowest BCUT2D eigenvalue weighted by molar-refractivity contribution is -0.132.